The van der Waals surface area contributed by atoms with Gasteiger partial charge in [0, 0.05) is 11.3 Å². The number of hydrogen-bond acceptors (Lipinski definition) is 2. The Morgan fingerprint density at radius 2 is 2.00 bits per heavy atom. The predicted molar refractivity (Wildman–Crippen MR) is 80.9 cm³/mol. The molecule has 0 amide bonds. The van der Waals surface area contributed by atoms with Crippen molar-refractivity contribution in [2.45, 2.75) is 37.7 Å². The van der Waals surface area contributed by atoms with E-state index in [1.807, 2.05) is 18.2 Å². The van der Waals surface area contributed by atoms with Crippen LogP contribution in [0.2, 0.25) is 4.34 Å². The van der Waals surface area contributed by atoms with Gasteiger partial charge in [-0.05, 0) is 48.9 Å². The zero-order valence-corrected chi connectivity index (χ0v) is 12.3. The van der Waals surface area contributed by atoms with Gasteiger partial charge in [-0.25, -0.2) is 0 Å². The molecule has 2 aromatic rings. The van der Waals surface area contributed by atoms with Gasteiger partial charge in [-0.15, -0.1) is 11.3 Å². The highest BCUT2D eigenvalue weighted by molar-refractivity contribution is 7.16. The van der Waals surface area contributed by atoms with Crippen LogP contribution in [0, 0.1) is 0 Å². The molecule has 0 saturated heterocycles. The van der Waals surface area contributed by atoms with Crippen molar-refractivity contribution in [2.24, 2.45) is 0 Å². The fourth-order valence-corrected chi connectivity index (χ4v) is 4.17. The van der Waals surface area contributed by atoms with E-state index in [1.165, 1.54) is 5.56 Å². The SMILES string of the molecule is OC1(Cc2ccc(Cl)s2)CCCCc2ccccc21. The van der Waals surface area contributed by atoms with Crippen LogP contribution < -0.4 is 0 Å². The van der Waals surface area contributed by atoms with Crippen LogP contribution in [0.4, 0.5) is 0 Å². The first-order valence-electron chi connectivity index (χ1n) is 6.72. The Kier molecular flexibility index (Phi) is 3.66. The van der Waals surface area contributed by atoms with Crippen molar-refractivity contribution < 1.29 is 5.11 Å². The molecular weight excluding hydrogens is 276 g/mol. The molecule has 0 spiro atoms. The molecule has 100 valence electrons. The van der Waals surface area contributed by atoms with Gasteiger partial charge in [0.25, 0.3) is 0 Å². The minimum atomic E-state index is -0.735. The largest absolute Gasteiger partial charge is 0.385 e. The molecule has 1 aromatic heterocycles. The Bertz CT molecular complexity index is 578. The van der Waals surface area contributed by atoms with Crippen LogP contribution in [0.3, 0.4) is 0 Å². The molecule has 1 atom stereocenters. The fourth-order valence-electron chi connectivity index (χ4n) is 2.98. The predicted octanol–water partition coefficient (Wildman–Crippen LogP) is 4.56. The molecule has 1 unspecified atom stereocenters. The van der Waals surface area contributed by atoms with Gasteiger partial charge in [0.1, 0.15) is 0 Å². The van der Waals surface area contributed by atoms with Crippen molar-refractivity contribution in [3.63, 3.8) is 0 Å². The molecule has 1 nitrogen and oxygen atoms in total. The van der Waals surface area contributed by atoms with Crippen LogP contribution in [0.25, 0.3) is 0 Å². The molecule has 1 aromatic carbocycles. The molecule has 0 saturated carbocycles. The van der Waals surface area contributed by atoms with Gasteiger partial charge >= 0.3 is 0 Å². The first-order chi connectivity index (χ1) is 9.17. The van der Waals surface area contributed by atoms with Gasteiger partial charge in [0.15, 0.2) is 0 Å². The summed E-state index contributed by atoms with van der Waals surface area (Å²) in [4.78, 5) is 1.16. The van der Waals surface area contributed by atoms with E-state index in [1.54, 1.807) is 11.3 Å². The number of rotatable bonds is 2. The molecule has 1 N–H and O–H groups in total. The van der Waals surface area contributed by atoms with Crippen LogP contribution in [-0.2, 0) is 18.4 Å². The third-order valence-corrected chi connectivity index (χ3v) is 5.13. The highest BCUT2D eigenvalue weighted by Gasteiger charge is 2.33. The summed E-state index contributed by atoms with van der Waals surface area (Å²) >= 11 is 7.56. The minimum Gasteiger partial charge on any atom is -0.385 e. The Balaban J connectivity index is 1.97. The molecule has 0 fully saturated rings. The van der Waals surface area contributed by atoms with Crippen LogP contribution in [0.15, 0.2) is 36.4 Å². The van der Waals surface area contributed by atoms with Gasteiger partial charge in [0.05, 0.1) is 9.94 Å². The average molecular weight is 293 g/mol. The standard InChI is InChI=1S/C16H17ClOS/c17-15-9-8-13(19-15)11-16(18)10-4-3-6-12-5-1-2-7-14(12)16/h1-2,5,7-9,18H,3-4,6,10-11H2. The first kappa shape index (κ1) is 13.2. The monoisotopic (exact) mass is 292 g/mol. The van der Waals surface area contributed by atoms with Crippen molar-refractivity contribution in [3.8, 4) is 0 Å². The number of benzene rings is 1. The van der Waals surface area contributed by atoms with E-state index in [9.17, 15) is 5.11 Å². The summed E-state index contributed by atoms with van der Waals surface area (Å²) < 4.78 is 0.792. The number of fused-ring (bicyclic) bond motifs is 1. The lowest BCUT2D eigenvalue weighted by Crippen LogP contribution is -2.28. The van der Waals surface area contributed by atoms with Crippen molar-refractivity contribution in [2.75, 3.05) is 0 Å². The fraction of sp³-hybridized carbons (Fsp3) is 0.375. The van der Waals surface area contributed by atoms with E-state index < -0.39 is 5.60 Å². The quantitative estimate of drug-likeness (QED) is 0.805. The molecule has 0 bridgehead atoms. The lowest BCUT2D eigenvalue weighted by molar-refractivity contribution is 0.0280. The molecule has 1 heterocycles. The molecule has 3 rings (SSSR count). The molecule has 3 heteroatoms. The minimum absolute atomic E-state index is 0.668. The average Bonchev–Trinajstić information content (AvgIpc) is 2.72. The number of halogens is 1. The summed E-state index contributed by atoms with van der Waals surface area (Å²) in [6, 6.07) is 12.2. The summed E-state index contributed by atoms with van der Waals surface area (Å²) in [7, 11) is 0. The van der Waals surface area contributed by atoms with Crippen LogP contribution in [0.1, 0.15) is 35.3 Å². The maximum atomic E-state index is 11.1. The summed E-state index contributed by atoms with van der Waals surface area (Å²) in [5, 5.41) is 11.1. The van der Waals surface area contributed by atoms with Gasteiger partial charge in [0.2, 0.25) is 0 Å². The van der Waals surface area contributed by atoms with Gasteiger partial charge < -0.3 is 5.11 Å². The second-order valence-corrected chi connectivity index (χ2v) is 7.08. The Hall–Kier alpha value is -0.830. The van der Waals surface area contributed by atoms with Crippen LogP contribution in [-0.4, -0.2) is 5.11 Å². The van der Waals surface area contributed by atoms with E-state index in [4.69, 9.17) is 11.6 Å². The van der Waals surface area contributed by atoms with Crippen molar-refractivity contribution in [3.05, 3.63) is 56.7 Å². The number of hydrogen-bond donors (Lipinski definition) is 1. The van der Waals surface area contributed by atoms with Crippen molar-refractivity contribution in [1.29, 1.82) is 0 Å². The normalized spacial score (nSPS) is 22.8. The summed E-state index contributed by atoms with van der Waals surface area (Å²) in [5.74, 6) is 0. The molecule has 1 aliphatic carbocycles. The molecule has 19 heavy (non-hydrogen) atoms. The third-order valence-electron chi connectivity index (χ3n) is 3.90. The van der Waals surface area contributed by atoms with E-state index >= 15 is 0 Å². The lowest BCUT2D eigenvalue weighted by Gasteiger charge is -2.28. The van der Waals surface area contributed by atoms with E-state index in [-0.39, 0.29) is 0 Å². The van der Waals surface area contributed by atoms with Gasteiger partial charge in [-0.2, -0.15) is 0 Å². The van der Waals surface area contributed by atoms with E-state index in [2.05, 4.69) is 18.2 Å². The summed E-state index contributed by atoms with van der Waals surface area (Å²) in [6.07, 6.45) is 4.80. The number of aryl methyl sites for hydroxylation is 1. The van der Waals surface area contributed by atoms with Crippen molar-refractivity contribution in [1.82, 2.24) is 0 Å². The smallest absolute Gasteiger partial charge is 0.0947 e. The maximum absolute atomic E-state index is 11.1. The second-order valence-electron chi connectivity index (χ2n) is 5.28. The topological polar surface area (TPSA) is 20.2 Å². The zero-order chi connectivity index (χ0) is 13.3. The summed E-state index contributed by atoms with van der Waals surface area (Å²) in [5.41, 5.74) is 1.67. The Labute approximate surface area is 122 Å². The van der Waals surface area contributed by atoms with E-state index in [0.717, 1.165) is 40.5 Å². The lowest BCUT2D eigenvalue weighted by atomic mass is 9.85. The molecular formula is C16H17ClOS. The Morgan fingerprint density at radius 1 is 1.16 bits per heavy atom. The van der Waals surface area contributed by atoms with Crippen LogP contribution in [0.5, 0.6) is 0 Å². The van der Waals surface area contributed by atoms with E-state index in [0.29, 0.717) is 6.42 Å². The van der Waals surface area contributed by atoms with Gasteiger partial charge in [-0.1, -0.05) is 35.9 Å². The Morgan fingerprint density at radius 3 is 2.79 bits per heavy atom. The number of aliphatic hydroxyl groups is 1. The van der Waals surface area contributed by atoms with Crippen molar-refractivity contribution >= 4 is 22.9 Å². The summed E-state index contributed by atoms with van der Waals surface area (Å²) in [6.45, 7) is 0. The highest BCUT2D eigenvalue weighted by Crippen LogP contribution is 2.38. The number of thiophene rings is 1. The molecule has 0 aliphatic heterocycles. The van der Waals surface area contributed by atoms with Gasteiger partial charge in [-0.3, -0.25) is 0 Å². The maximum Gasteiger partial charge on any atom is 0.0947 e. The highest BCUT2D eigenvalue weighted by atomic mass is 35.5. The molecule has 1 aliphatic rings. The molecule has 0 radical (unpaired) electrons. The third kappa shape index (κ3) is 2.71. The zero-order valence-electron chi connectivity index (χ0n) is 10.7. The second kappa shape index (κ2) is 5.28. The first-order valence-corrected chi connectivity index (χ1v) is 7.92. The van der Waals surface area contributed by atoms with Crippen LogP contribution >= 0.6 is 22.9 Å².